The molecule has 0 atom stereocenters. The molecule has 0 bridgehead atoms. The summed E-state index contributed by atoms with van der Waals surface area (Å²) in [5.74, 6) is -0.991. The third-order valence-corrected chi connectivity index (χ3v) is 4.24. The van der Waals surface area contributed by atoms with E-state index in [0.29, 0.717) is 25.7 Å². The van der Waals surface area contributed by atoms with Crippen LogP contribution in [-0.4, -0.2) is 28.1 Å². The molecule has 0 aromatic heterocycles. The lowest BCUT2D eigenvalue weighted by atomic mass is 9.85. The molecule has 1 aromatic carbocycles. The highest BCUT2D eigenvalue weighted by Crippen LogP contribution is 2.34. The third kappa shape index (κ3) is 4.36. The maximum atomic E-state index is 11.7. The average molecular weight is 312 g/mol. The summed E-state index contributed by atoms with van der Waals surface area (Å²) in [6, 6.07) is 9.32. The molecule has 1 amide bonds. The summed E-state index contributed by atoms with van der Waals surface area (Å²) in [5, 5.41) is 11.8. The summed E-state index contributed by atoms with van der Waals surface area (Å²) in [5.41, 5.74) is 0.918. The predicted octanol–water partition coefficient (Wildman–Crippen LogP) is 2.92. The minimum atomic E-state index is -1.19. The van der Waals surface area contributed by atoms with E-state index in [-0.39, 0.29) is 12.6 Å². The van der Waals surface area contributed by atoms with Crippen LogP contribution in [0.4, 0.5) is 4.79 Å². The summed E-state index contributed by atoms with van der Waals surface area (Å²) < 4.78 is 5.13. The first kappa shape index (κ1) is 15.6. The van der Waals surface area contributed by atoms with Crippen LogP contribution in [0.5, 0.6) is 0 Å². The van der Waals surface area contributed by atoms with E-state index >= 15 is 0 Å². The first-order chi connectivity index (χ1) is 9.99. The van der Waals surface area contributed by atoms with Gasteiger partial charge in [0.2, 0.25) is 0 Å². The Morgan fingerprint density at radius 2 is 1.90 bits per heavy atom. The van der Waals surface area contributed by atoms with Crippen molar-refractivity contribution in [1.29, 1.82) is 0 Å². The van der Waals surface area contributed by atoms with Crippen molar-refractivity contribution < 1.29 is 19.4 Å². The zero-order valence-corrected chi connectivity index (χ0v) is 12.3. The Hall–Kier alpha value is -1.75. The van der Waals surface area contributed by atoms with E-state index < -0.39 is 16.9 Å². The predicted molar refractivity (Wildman–Crippen MR) is 78.2 cm³/mol. The number of carbonyl (C=O) groups is 2. The molecule has 1 fully saturated rings. The summed E-state index contributed by atoms with van der Waals surface area (Å²) in [4.78, 5) is 21.5. The van der Waals surface area contributed by atoms with Gasteiger partial charge in [-0.3, -0.25) is 4.79 Å². The number of alkyl carbamates (subject to hydrolysis) is 1. The SMILES string of the molecule is O=C(NC1CCC(Cl)(C(=O)O)CC1)OCc1ccccc1. The molecule has 2 rings (SSSR count). The first-order valence-corrected chi connectivity index (χ1v) is 7.27. The number of benzene rings is 1. The average Bonchev–Trinajstić information content (AvgIpc) is 2.49. The minimum absolute atomic E-state index is 0.0838. The summed E-state index contributed by atoms with van der Waals surface area (Å²) in [7, 11) is 0. The molecule has 0 spiro atoms. The van der Waals surface area contributed by atoms with Crippen molar-refractivity contribution in [2.75, 3.05) is 0 Å². The first-order valence-electron chi connectivity index (χ1n) is 6.89. The fourth-order valence-corrected chi connectivity index (χ4v) is 2.58. The second-order valence-electron chi connectivity index (χ2n) is 5.25. The maximum absolute atomic E-state index is 11.7. The molecule has 114 valence electrons. The van der Waals surface area contributed by atoms with Gasteiger partial charge in [0.05, 0.1) is 0 Å². The molecule has 0 radical (unpaired) electrons. The second-order valence-corrected chi connectivity index (χ2v) is 5.97. The van der Waals surface area contributed by atoms with Gasteiger partial charge in [-0.05, 0) is 31.2 Å². The van der Waals surface area contributed by atoms with Crippen LogP contribution in [0.15, 0.2) is 30.3 Å². The molecular formula is C15H18ClNO4. The number of aliphatic carboxylic acids is 1. The van der Waals surface area contributed by atoms with Crippen LogP contribution >= 0.6 is 11.6 Å². The summed E-state index contributed by atoms with van der Waals surface area (Å²) in [6.07, 6.45) is 1.27. The van der Waals surface area contributed by atoms with E-state index in [1.807, 2.05) is 30.3 Å². The molecule has 1 aromatic rings. The van der Waals surface area contributed by atoms with Crippen LogP contribution < -0.4 is 5.32 Å². The zero-order valence-electron chi connectivity index (χ0n) is 11.5. The maximum Gasteiger partial charge on any atom is 0.407 e. The number of hydrogen-bond acceptors (Lipinski definition) is 3. The second kappa shape index (κ2) is 6.80. The van der Waals surface area contributed by atoms with E-state index in [2.05, 4.69) is 5.32 Å². The number of carbonyl (C=O) groups excluding carboxylic acids is 1. The quantitative estimate of drug-likeness (QED) is 0.838. The van der Waals surface area contributed by atoms with E-state index in [1.54, 1.807) is 0 Å². The number of hydrogen-bond donors (Lipinski definition) is 2. The Kier molecular flexibility index (Phi) is 5.07. The van der Waals surface area contributed by atoms with Crippen LogP contribution in [0.3, 0.4) is 0 Å². The molecule has 6 heteroatoms. The molecule has 1 aliphatic carbocycles. The summed E-state index contributed by atoms with van der Waals surface area (Å²) >= 11 is 6.01. The number of nitrogens with one attached hydrogen (secondary N) is 1. The molecule has 0 saturated heterocycles. The number of rotatable bonds is 4. The van der Waals surface area contributed by atoms with E-state index in [4.69, 9.17) is 21.4 Å². The van der Waals surface area contributed by atoms with Crippen molar-refractivity contribution in [3.05, 3.63) is 35.9 Å². The van der Waals surface area contributed by atoms with Gasteiger partial charge in [0.25, 0.3) is 0 Å². The molecule has 2 N–H and O–H groups in total. The van der Waals surface area contributed by atoms with Crippen LogP contribution in [0.1, 0.15) is 31.2 Å². The Bertz CT molecular complexity index is 498. The van der Waals surface area contributed by atoms with Crippen molar-refractivity contribution in [2.45, 2.75) is 43.2 Å². The third-order valence-electron chi connectivity index (χ3n) is 3.70. The Balaban J connectivity index is 1.73. The molecule has 21 heavy (non-hydrogen) atoms. The molecule has 1 aliphatic rings. The molecule has 0 unspecified atom stereocenters. The van der Waals surface area contributed by atoms with Crippen LogP contribution in [0, 0.1) is 0 Å². The normalized spacial score (nSPS) is 25.1. The van der Waals surface area contributed by atoms with Gasteiger partial charge in [-0.25, -0.2) is 4.79 Å². The van der Waals surface area contributed by atoms with Crippen LogP contribution in [0.25, 0.3) is 0 Å². The number of alkyl halides is 1. The highest BCUT2D eigenvalue weighted by atomic mass is 35.5. The van der Waals surface area contributed by atoms with Crippen LogP contribution in [-0.2, 0) is 16.1 Å². The fraction of sp³-hybridized carbons (Fsp3) is 0.467. The number of ether oxygens (including phenoxy) is 1. The molecule has 0 aliphatic heterocycles. The highest BCUT2D eigenvalue weighted by Gasteiger charge is 2.40. The van der Waals surface area contributed by atoms with Gasteiger partial charge in [-0.1, -0.05) is 30.3 Å². The summed E-state index contributed by atoms with van der Waals surface area (Å²) in [6.45, 7) is 0.216. The standard InChI is InChI=1S/C15H18ClNO4/c16-15(13(18)19)8-6-12(7-9-15)17-14(20)21-10-11-4-2-1-3-5-11/h1-5,12H,6-10H2,(H,17,20)(H,18,19). The van der Waals surface area contributed by atoms with Gasteiger partial charge in [0, 0.05) is 6.04 Å². The van der Waals surface area contributed by atoms with Crippen molar-refractivity contribution in [3.63, 3.8) is 0 Å². The van der Waals surface area contributed by atoms with Crippen molar-refractivity contribution >= 4 is 23.7 Å². The Morgan fingerprint density at radius 1 is 1.29 bits per heavy atom. The van der Waals surface area contributed by atoms with Crippen molar-refractivity contribution in [1.82, 2.24) is 5.32 Å². The van der Waals surface area contributed by atoms with Crippen LogP contribution in [0.2, 0.25) is 0 Å². The number of amides is 1. The topological polar surface area (TPSA) is 75.6 Å². The number of halogens is 1. The smallest absolute Gasteiger partial charge is 0.407 e. The lowest BCUT2D eigenvalue weighted by Gasteiger charge is -2.32. The monoisotopic (exact) mass is 311 g/mol. The number of carboxylic acid groups (broad SMARTS) is 1. The van der Waals surface area contributed by atoms with Gasteiger partial charge in [-0.15, -0.1) is 11.6 Å². The number of carboxylic acids is 1. The highest BCUT2D eigenvalue weighted by molar-refractivity contribution is 6.33. The molecule has 1 saturated carbocycles. The van der Waals surface area contributed by atoms with Gasteiger partial charge in [-0.2, -0.15) is 0 Å². The van der Waals surface area contributed by atoms with Crippen molar-refractivity contribution in [2.24, 2.45) is 0 Å². The molecule has 5 nitrogen and oxygen atoms in total. The van der Waals surface area contributed by atoms with E-state index in [9.17, 15) is 9.59 Å². The Morgan fingerprint density at radius 3 is 2.48 bits per heavy atom. The largest absolute Gasteiger partial charge is 0.480 e. The van der Waals surface area contributed by atoms with Gasteiger partial charge >= 0.3 is 12.1 Å². The Labute approximate surface area is 128 Å². The minimum Gasteiger partial charge on any atom is -0.480 e. The van der Waals surface area contributed by atoms with E-state index in [1.165, 1.54) is 0 Å². The lowest BCUT2D eigenvalue weighted by Crippen LogP contribution is -2.44. The van der Waals surface area contributed by atoms with Gasteiger partial charge in [0.15, 0.2) is 0 Å². The zero-order chi connectivity index (χ0) is 15.3. The fourth-order valence-electron chi connectivity index (χ4n) is 2.37. The van der Waals surface area contributed by atoms with E-state index in [0.717, 1.165) is 5.56 Å². The van der Waals surface area contributed by atoms with Gasteiger partial charge in [0.1, 0.15) is 11.5 Å². The molecular weight excluding hydrogens is 294 g/mol. The van der Waals surface area contributed by atoms with Crippen molar-refractivity contribution in [3.8, 4) is 0 Å². The molecule has 0 heterocycles. The van der Waals surface area contributed by atoms with Gasteiger partial charge < -0.3 is 15.2 Å². The lowest BCUT2D eigenvalue weighted by molar-refractivity contribution is -0.141.